The van der Waals surface area contributed by atoms with Crippen molar-refractivity contribution in [2.24, 2.45) is 0 Å². The van der Waals surface area contributed by atoms with Crippen LogP contribution >= 0.6 is 0 Å². The molecule has 0 fully saturated rings. The van der Waals surface area contributed by atoms with Crippen LogP contribution in [-0.4, -0.2) is 22.0 Å². The van der Waals surface area contributed by atoms with Gasteiger partial charge in [-0.15, -0.1) is 0 Å². The molecule has 26 heavy (non-hydrogen) atoms. The van der Waals surface area contributed by atoms with Crippen LogP contribution in [0.25, 0.3) is 11.0 Å². The molecular weight excluding hydrogens is 329 g/mol. The lowest BCUT2D eigenvalue weighted by molar-refractivity contribution is -0.116. The summed E-state index contributed by atoms with van der Waals surface area (Å²) in [5, 5.41) is 2.86. The summed E-state index contributed by atoms with van der Waals surface area (Å²) in [6, 6.07) is 14.5. The predicted molar refractivity (Wildman–Crippen MR) is 101 cm³/mol. The quantitative estimate of drug-likeness (QED) is 0.519. The number of nitrogens with one attached hydrogen (secondary N) is 1. The summed E-state index contributed by atoms with van der Waals surface area (Å²) in [4.78, 5) is 16.2. The second-order valence-corrected chi connectivity index (χ2v) is 6.12. The van der Waals surface area contributed by atoms with Gasteiger partial charge in [-0.1, -0.05) is 30.3 Å². The number of imidazole rings is 1. The van der Waals surface area contributed by atoms with Gasteiger partial charge in [-0.3, -0.25) is 4.79 Å². The first-order valence-electron chi connectivity index (χ1n) is 8.76. The third kappa shape index (κ3) is 4.36. The molecule has 1 amide bonds. The molecule has 0 bridgehead atoms. The summed E-state index contributed by atoms with van der Waals surface area (Å²) in [6.45, 7) is 3.06. The minimum Gasteiger partial charge on any atom is -0.353 e. The molecule has 0 aliphatic rings. The zero-order chi connectivity index (χ0) is 18.4. The minimum absolute atomic E-state index is 0.0766. The molecule has 0 saturated heterocycles. The number of allylic oxidation sites excluding steroid dienone is 1. The molecule has 0 unspecified atom stereocenters. The number of carbonyl (C=O) groups is 1. The number of halogens is 1. The van der Waals surface area contributed by atoms with Crippen molar-refractivity contribution in [1.82, 2.24) is 14.9 Å². The Labute approximate surface area is 152 Å². The number of benzene rings is 2. The topological polar surface area (TPSA) is 46.9 Å². The van der Waals surface area contributed by atoms with Crippen molar-refractivity contribution in [1.29, 1.82) is 0 Å². The number of hydrogen-bond donors (Lipinski definition) is 1. The maximum absolute atomic E-state index is 13.2. The molecule has 3 rings (SSSR count). The largest absolute Gasteiger partial charge is 0.353 e. The van der Waals surface area contributed by atoms with Gasteiger partial charge in [0.2, 0.25) is 5.91 Å². The van der Waals surface area contributed by atoms with E-state index in [1.165, 1.54) is 18.2 Å². The van der Waals surface area contributed by atoms with Crippen molar-refractivity contribution in [2.45, 2.75) is 26.3 Å². The average Bonchev–Trinajstić information content (AvgIpc) is 2.98. The highest BCUT2D eigenvalue weighted by molar-refractivity contribution is 5.87. The van der Waals surface area contributed by atoms with E-state index in [0.29, 0.717) is 13.1 Å². The average molecular weight is 351 g/mol. The molecule has 3 aromatic rings. The number of hydrogen-bond acceptors (Lipinski definition) is 2. The normalized spacial score (nSPS) is 11.3. The second kappa shape index (κ2) is 8.43. The molecular formula is C21H22FN3O. The van der Waals surface area contributed by atoms with Gasteiger partial charge in [0, 0.05) is 19.5 Å². The molecule has 1 N–H and O–H groups in total. The van der Waals surface area contributed by atoms with E-state index >= 15 is 0 Å². The van der Waals surface area contributed by atoms with E-state index in [2.05, 4.69) is 9.88 Å². The molecule has 0 radical (unpaired) electrons. The Morgan fingerprint density at radius 3 is 2.73 bits per heavy atom. The number of fused-ring (bicyclic) bond motifs is 1. The highest BCUT2D eigenvalue weighted by Crippen LogP contribution is 2.19. The van der Waals surface area contributed by atoms with Gasteiger partial charge in [0.05, 0.1) is 11.0 Å². The monoisotopic (exact) mass is 351 g/mol. The Hall–Kier alpha value is -2.95. The van der Waals surface area contributed by atoms with Gasteiger partial charge < -0.3 is 9.88 Å². The van der Waals surface area contributed by atoms with Crippen molar-refractivity contribution < 1.29 is 9.18 Å². The van der Waals surface area contributed by atoms with Crippen LogP contribution in [0.3, 0.4) is 0 Å². The van der Waals surface area contributed by atoms with E-state index in [1.807, 2.05) is 31.2 Å². The van der Waals surface area contributed by atoms with Crippen molar-refractivity contribution in [3.8, 4) is 0 Å². The van der Waals surface area contributed by atoms with E-state index in [4.69, 9.17) is 4.98 Å². The Morgan fingerprint density at radius 1 is 1.19 bits per heavy atom. The standard InChI is InChI=1S/C21H22FN3O/c1-2-6-21(26)23-14-5-9-20-24-18-7-3-4-8-19(18)25(20)15-16-10-12-17(22)13-11-16/h2-4,6-8,10-13H,5,9,14-15H2,1H3,(H,23,26)/b6-2-. The summed E-state index contributed by atoms with van der Waals surface area (Å²) >= 11 is 0. The van der Waals surface area contributed by atoms with Gasteiger partial charge >= 0.3 is 0 Å². The zero-order valence-corrected chi connectivity index (χ0v) is 14.8. The highest BCUT2D eigenvalue weighted by atomic mass is 19.1. The van der Waals surface area contributed by atoms with Crippen LogP contribution in [0, 0.1) is 5.82 Å². The van der Waals surface area contributed by atoms with E-state index in [0.717, 1.165) is 35.3 Å². The van der Waals surface area contributed by atoms with Gasteiger partial charge in [-0.25, -0.2) is 9.37 Å². The number of carbonyl (C=O) groups excluding carboxylic acids is 1. The maximum atomic E-state index is 13.2. The van der Waals surface area contributed by atoms with Gasteiger partial charge in [0.1, 0.15) is 11.6 Å². The van der Waals surface area contributed by atoms with E-state index in [9.17, 15) is 9.18 Å². The van der Waals surface area contributed by atoms with Crippen LogP contribution in [-0.2, 0) is 17.8 Å². The number of nitrogens with zero attached hydrogens (tertiary/aromatic N) is 2. The first kappa shape index (κ1) is 17.9. The van der Waals surface area contributed by atoms with Crippen LogP contribution in [0.4, 0.5) is 4.39 Å². The first-order valence-corrected chi connectivity index (χ1v) is 8.76. The van der Waals surface area contributed by atoms with E-state index in [1.54, 1.807) is 18.2 Å². The lowest BCUT2D eigenvalue weighted by Crippen LogP contribution is -2.22. The van der Waals surface area contributed by atoms with Crippen LogP contribution in [0.15, 0.2) is 60.7 Å². The van der Waals surface area contributed by atoms with Crippen molar-refractivity contribution in [3.05, 3.63) is 77.9 Å². The summed E-state index contributed by atoms with van der Waals surface area (Å²) in [7, 11) is 0. The molecule has 2 aromatic carbocycles. The SMILES string of the molecule is C/C=C\C(=O)NCCCc1nc2ccccc2n1Cc1ccc(F)cc1. The van der Waals surface area contributed by atoms with Crippen LogP contribution in [0.1, 0.15) is 24.7 Å². The third-order valence-electron chi connectivity index (χ3n) is 4.18. The molecule has 0 atom stereocenters. The van der Waals surface area contributed by atoms with Crippen LogP contribution in [0.5, 0.6) is 0 Å². The number of aromatic nitrogens is 2. The van der Waals surface area contributed by atoms with Gasteiger partial charge in [-0.05, 0) is 49.2 Å². The fourth-order valence-corrected chi connectivity index (χ4v) is 2.93. The summed E-state index contributed by atoms with van der Waals surface area (Å²) in [5.41, 5.74) is 3.03. The highest BCUT2D eigenvalue weighted by Gasteiger charge is 2.11. The molecule has 0 saturated carbocycles. The molecule has 1 heterocycles. The zero-order valence-electron chi connectivity index (χ0n) is 14.8. The first-order chi connectivity index (χ1) is 12.7. The molecule has 4 nitrogen and oxygen atoms in total. The number of para-hydroxylation sites is 2. The smallest absolute Gasteiger partial charge is 0.243 e. The Kier molecular flexibility index (Phi) is 5.79. The number of rotatable bonds is 7. The molecule has 1 aromatic heterocycles. The van der Waals surface area contributed by atoms with Gasteiger partial charge in [-0.2, -0.15) is 0 Å². The fraction of sp³-hybridized carbons (Fsp3) is 0.238. The second-order valence-electron chi connectivity index (χ2n) is 6.12. The molecule has 0 spiro atoms. The fourth-order valence-electron chi connectivity index (χ4n) is 2.93. The number of amides is 1. The van der Waals surface area contributed by atoms with E-state index in [-0.39, 0.29) is 11.7 Å². The van der Waals surface area contributed by atoms with Crippen LogP contribution < -0.4 is 5.32 Å². The lowest BCUT2D eigenvalue weighted by atomic mass is 10.2. The third-order valence-corrected chi connectivity index (χ3v) is 4.18. The Morgan fingerprint density at radius 2 is 1.96 bits per heavy atom. The summed E-state index contributed by atoms with van der Waals surface area (Å²) in [5.74, 6) is 0.657. The minimum atomic E-state index is -0.235. The Bertz CT molecular complexity index is 913. The number of aryl methyl sites for hydroxylation is 1. The van der Waals surface area contributed by atoms with Crippen LogP contribution in [0.2, 0.25) is 0 Å². The van der Waals surface area contributed by atoms with Gasteiger partial charge in [0.15, 0.2) is 0 Å². The summed E-state index contributed by atoms with van der Waals surface area (Å²) < 4.78 is 15.3. The van der Waals surface area contributed by atoms with E-state index < -0.39 is 0 Å². The lowest BCUT2D eigenvalue weighted by Gasteiger charge is -2.10. The van der Waals surface area contributed by atoms with Gasteiger partial charge in [0.25, 0.3) is 0 Å². The Balaban J connectivity index is 1.76. The predicted octanol–water partition coefficient (Wildman–Crippen LogP) is 3.85. The molecule has 134 valence electrons. The maximum Gasteiger partial charge on any atom is 0.243 e. The molecule has 0 aliphatic carbocycles. The summed E-state index contributed by atoms with van der Waals surface area (Å²) in [6.07, 6.45) is 4.79. The molecule has 5 heteroatoms. The van der Waals surface area contributed by atoms with Crippen molar-refractivity contribution in [2.75, 3.05) is 6.54 Å². The molecule has 0 aliphatic heterocycles. The van der Waals surface area contributed by atoms with Crippen molar-refractivity contribution >= 4 is 16.9 Å². The van der Waals surface area contributed by atoms with Crippen molar-refractivity contribution in [3.63, 3.8) is 0 Å².